The highest BCUT2D eigenvalue weighted by atomic mass is 16.7. The number of aliphatic hydroxyl groups is 4. The lowest BCUT2D eigenvalue weighted by molar-refractivity contribution is -0.274. The molecule has 222 valence electrons. The molecule has 12 nitrogen and oxygen atoms in total. The monoisotopic (exact) mass is 574 g/mol. The summed E-state index contributed by atoms with van der Waals surface area (Å²) in [6.07, 6.45) is -8.36. The van der Waals surface area contributed by atoms with Crippen molar-refractivity contribution in [1.82, 2.24) is 0 Å². The molecule has 3 heterocycles. The molecule has 10 atom stereocenters. The lowest BCUT2D eigenvalue weighted by atomic mass is 10.00. The molecule has 1 aromatic heterocycles. The minimum absolute atomic E-state index is 0.261. The third-order valence-electron chi connectivity index (χ3n) is 7.53. The molecule has 4 N–H and O–H groups in total. The van der Waals surface area contributed by atoms with E-state index in [0.29, 0.717) is 28.0 Å². The molecule has 0 unspecified atom stereocenters. The smallest absolute Gasteiger partial charge is 0.229 e. The van der Waals surface area contributed by atoms with E-state index < -0.39 is 61.4 Å². The van der Waals surface area contributed by atoms with Gasteiger partial charge in [0.05, 0.1) is 23.2 Å². The van der Waals surface area contributed by atoms with Crippen LogP contribution in [0.4, 0.5) is 0 Å². The summed E-state index contributed by atoms with van der Waals surface area (Å²) >= 11 is 0. The zero-order chi connectivity index (χ0) is 29.4. The Kier molecular flexibility index (Phi) is 8.64. The van der Waals surface area contributed by atoms with Crippen molar-refractivity contribution in [3.63, 3.8) is 0 Å². The highest BCUT2D eigenvalue weighted by molar-refractivity contribution is 5.82. The van der Waals surface area contributed by atoms with Crippen molar-refractivity contribution in [2.24, 2.45) is 0 Å². The Labute approximate surface area is 235 Å². The zero-order valence-corrected chi connectivity index (χ0v) is 22.9. The predicted octanol–water partition coefficient (Wildman–Crippen LogP) is 1.18. The Morgan fingerprint density at radius 1 is 0.707 bits per heavy atom. The molecule has 0 saturated carbocycles. The Balaban J connectivity index is 1.32. The summed E-state index contributed by atoms with van der Waals surface area (Å²) < 4.78 is 39.4. The van der Waals surface area contributed by atoms with Crippen LogP contribution in [-0.2, 0) is 18.9 Å². The standard InChI is InChI=1S/C29H34O12/c1-13-21(30)24(33)26(35-3)28(38-13)40-16-7-5-15(6-8-16)19-12-37-20-11-17(9-10-18(20)23(19)32)41-29-27(36-4)25(34)22(31)14(2)39-29/h5-14,21-22,24-31,33-34H,1-4H3/t13-,14-,21-,22-,24+,25+,26+,27+,28-,29-/m0/s1. The molecule has 2 aromatic carbocycles. The lowest BCUT2D eigenvalue weighted by Gasteiger charge is -2.40. The first-order valence-electron chi connectivity index (χ1n) is 13.2. The highest BCUT2D eigenvalue weighted by Crippen LogP contribution is 2.30. The quantitative estimate of drug-likeness (QED) is 0.319. The Hall–Kier alpha value is -3.07. The highest BCUT2D eigenvalue weighted by Gasteiger charge is 2.45. The van der Waals surface area contributed by atoms with Crippen molar-refractivity contribution in [3.8, 4) is 22.6 Å². The summed E-state index contributed by atoms with van der Waals surface area (Å²) in [5, 5.41) is 41.1. The Morgan fingerprint density at radius 3 is 1.76 bits per heavy atom. The minimum atomic E-state index is -1.20. The van der Waals surface area contributed by atoms with Crippen LogP contribution in [0.5, 0.6) is 11.5 Å². The third-order valence-corrected chi connectivity index (χ3v) is 7.53. The summed E-state index contributed by atoms with van der Waals surface area (Å²) in [6.45, 7) is 3.25. The maximum Gasteiger partial charge on any atom is 0.229 e. The van der Waals surface area contributed by atoms with Crippen LogP contribution in [0.3, 0.4) is 0 Å². The number of ether oxygens (including phenoxy) is 6. The van der Waals surface area contributed by atoms with Crippen LogP contribution in [0.25, 0.3) is 22.1 Å². The molecule has 0 amide bonds. The van der Waals surface area contributed by atoms with E-state index in [1.807, 2.05) is 0 Å². The lowest BCUT2D eigenvalue weighted by Crippen LogP contribution is -2.59. The molecular formula is C29H34O12. The van der Waals surface area contributed by atoms with Gasteiger partial charge in [-0.15, -0.1) is 0 Å². The molecule has 0 bridgehead atoms. The molecular weight excluding hydrogens is 540 g/mol. The second-order valence-electron chi connectivity index (χ2n) is 10.2. The Morgan fingerprint density at radius 2 is 1.22 bits per heavy atom. The van der Waals surface area contributed by atoms with Gasteiger partial charge in [0.15, 0.2) is 5.43 Å². The number of methoxy groups -OCH3 is 2. The predicted molar refractivity (Wildman–Crippen MR) is 143 cm³/mol. The van der Waals surface area contributed by atoms with Crippen LogP contribution in [0.2, 0.25) is 0 Å². The maximum atomic E-state index is 13.3. The summed E-state index contributed by atoms with van der Waals surface area (Å²) in [6, 6.07) is 11.4. The van der Waals surface area contributed by atoms with Crippen molar-refractivity contribution in [2.75, 3.05) is 14.2 Å². The molecule has 0 spiro atoms. The number of hydrogen-bond donors (Lipinski definition) is 4. The zero-order valence-electron chi connectivity index (χ0n) is 22.9. The van der Waals surface area contributed by atoms with E-state index >= 15 is 0 Å². The van der Waals surface area contributed by atoms with Crippen molar-refractivity contribution in [1.29, 1.82) is 0 Å². The number of benzene rings is 2. The van der Waals surface area contributed by atoms with E-state index in [0.717, 1.165) is 0 Å². The fourth-order valence-corrected chi connectivity index (χ4v) is 5.06. The molecule has 2 aliphatic heterocycles. The van der Waals surface area contributed by atoms with Crippen LogP contribution in [0.15, 0.2) is 57.9 Å². The van der Waals surface area contributed by atoms with Crippen LogP contribution in [0, 0.1) is 0 Å². The van der Waals surface area contributed by atoms with Gasteiger partial charge in [-0.2, -0.15) is 0 Å². The van der Waals surface area contributed by atoms with Gasteiger partial charge in [0.25, 0.3) is 0 Å². The molecule has 2 aliphatic rings. The Bertz CT molecular complexity index is 1390. The van der Waals surface area contributed by atoms with Crippen LogP contribution >= 0.6 is 0 Å². The van der Waals surface area contributed by atoms with Crippen molar-refractivity contribution in [2.45, 2.75) is 75.3 Å². The normalized spacial score (nSPS) is 34.0. The van der Waals surface area contributed by atoms with Gasteiger partial charge in [0.2, 0.25) is 12.6 Å². The largest absolute Gasteiger partial charge is 0.463 e. The van der Waals surface area contributed by atoms with Crippen LogP contribution in [-0.4, -0.2) is 96.1 Å². The molecule has 0 aliphatic carbocycles. The fraction of sp³-hybridized carbons (Fsp3) is 0.483. The minimum Gasteiger partial charge on any atom is -0.463 e. The van der Waals surface area contributed by atoms with Crippen LogP contribution in [0.1, 0.15) is 13.8 Å². The third kappa shape index (κ3) is 5.70. The molecule has 5 rings (SSSR count). The van der Waals surface area contributed by atoms with E-state index in [1.165, 1.54) is 20.5 Å². The topological polar surface area (TPSA) is 167 Å². The first-order valence-corrected chi connectivity index (χ1v) is 13.2. The van der Waals surface area contributed by atoms with Crippen molar-refractivity contribution in [3.05, 3.63) is 59.0 Å². The van der Waals surface area contributed by atoms with Gasteiger partial charge in [-0.1, -0.05) is 12.1 Å². The van der Waals surface area contributed by atoms with Crippen molar-refractivity contribution < 1.29 is 53.3 Å². The molecule has 2 fully saturated rings. The van der Waals surface area contributed by atoms with Gasteiger partial charge in [-0.05, 0) is 43.7 Å². The van der Waals surface area contributed by atoms with Crippen LogP contribution < -0.4 is 14.9 Å². The molecule has 2 saturated heterocycles. The average molecular weight is 575 g/mol. The maximum absolute atomic E-state index is 13.3. The first-order chi connectivity index (χ1) is 19.6. The van der Waals surface area contributed by atoms with Gasteiger partial charge in [-0.25, -0.2) is 0 Å². The average Bonchev–Trinajstić information content (AvgIpc) is 2.96. The van der Waals surface area contributed by atoms with E-state index in [2.05, 4.69) is 0 Å². The van der Waals surface area contributed by atoms with Gasteiger partial charge < -0.3 is 53.3 Å². The number of rotatable bonds is 7. The van der Waals surface area contributed by atoms with Crippen molar-refractivity contribution >= 4 is 11.0 Å². The fourth-order valence-electron chi connectivity index (χ4n) is 5.06. The second kappa shape index (κ2) is 12.0. The molecule has 3 aromatic rings. The molecule has 41 heavy (non-hydrogen) atoms. The summed E-state index contributed by atoms with van der Waals surface area (Å²) in [5.41, 5.74) is 0.937. The van der Waals surface area contributed by atoms with E-state index in [-0.39, 0.29) is 11.0 Å². The summed E-state index contributed by atoms with van der Waals surface area (Å²) in [4.78, 5) is 13.3. The van der Waals surface area contributed by atoms with Gasteiger partial charge >= 0.3 is 0 Å². The number of hydrogen-bond acceptors (Lipinski definition) is 12. The molecule has 0 radical (unpaired) electrons. The number of aliphatic hydroxyl groups excluding tert-OH is 4. The van der Waals surface area contributed by atoms with Gasteiger partial charge in [-0.3, -0.25) is 4.79 Å². The van der Waals surface area contributed by atoms with Gasteiger partial charge in [0.1, 0.15) is 60.0 Å². The van der Waals surface area contributed by atoms with Gasteiger partial charge in [0, 0.05) is 20.3 Å². The number of fused-ring (bicyclic) bond motifs is 1. The van der Waals surface area contributed by atoms with E-state index in [4.69, 9.17) is 32.8 Å². The van der Waals surface area contributed by atoms with E-state index in [1.54, 1.807) is 56.3 Å². The van der Waals surface area contributed by atoms with E-state index in [9.17, 15) is 25.2 Å². The summed E-state index contributed by atoms with van der Waals surface area (Å²) in [5.74, 6) is 0.735. The summed E-state index contributed by atoms with van der Waals surface area (Å²) in [7, 11) is 2.77. The molecule has 12 heteroatoms. The second-order valence-corrected chi connectivity index (χ2v) is 10.2. The first kappa shape index (κ1) is 29.4. The SMILES string of the molecule is CO[C@H]1[C@H](Oc2ccc(-c3coc4cc(O[C@@H]5O[C@@H](C)[C@H](O)[C@@H](O)[C@H]5OC)ccc4c3=O)cc2)O[C@@H](C)[C@H](O)[C@H]1O.